The maximum Gasteiger partial charge on any atom is 0.0642 e. The number of hydrogen-bond acceptors (Lipinski definition) is 2. The van der Waals surface area contributed by atoms with Crippen molar-refractivity contribution in [3.8, 4) is 0 Å². The van der Waals surface area contributed by atoms with E-state index in [1.807, 2.05) is 37.5 Å². The summed E-state index contributed by atoms with van der Waals surface area (Å²) in [6.07, 6.45) is 5.90. The molecule has 2 heterocycles. The molecule has 0 aliphatic heterocycles. The van der Waals surface area contributed by atoms with Crippen molar-refractivity contribution in [1.82, 2.24) is 9.55 Å². The molecule has 2 rings (SSSR count). The smallest absolute Gasteiger partial charge is 0.0642 e. The number of nitrogens with two attached hydrogens (primary N) is 1. The van der Waals surface area contributed by atoms with Gasteiger partial charge in [0.05, 0.1) is 12.2 Å². The first-order valence-corrected chi connectivity index (χ1v) is 5.96. The molecule has 2 aromatic rings. The average molecular weight is 280 g/mol. The molecule has 0 amide bonds. The third-order valence-electron chi connectivity index (χ3n) is 2.43. The number of halogens is 1. The average Bonchev–Trinajstić information content (AvgIpc) is 2.70. The van der Waals surface area contributed by atoms with Crippen molar-refractivity contribution in [2.24, 2.45) is 5.73 Å². The van der Waals surface area contributed by atoms with E-state index in [0.29, 0.717) is 0 Å². The molecule has 0 aromatic carbocycles. The van der Waals surface area contributed by atoms with E-state index in [9.17, 15) is 0 Å². The zero-order valence-corrected chi connectivity index (χ0v) is 10.7. The molecule has 0 saturated carbocycles. The van der Waals surface area contributed by atoms with E-state index in [2.05, 4.69) is 31.7 Å². The number of aromatic nitrogens is 2. The van der Waals surface area contributed by atoms with Crippen LogP contribution >= 0.6 is 15.9 Å². The van der Waals surface area contributed by atoms with Crippen LogP contribution < -0.4 is 5.73 Å². The Kier molecular flexibility index (Phi) is 3.41. The summed E-state index contributed by atoms with van der Waals surface area (Å²) < 4.78 is 3.09. The van der Waals surface area contributed by atoms with Gasteiger partial charge in [0, 0.05) is 29.1 Å². The van der Waals surface area contributed by atoms with Crippen LogP contribution in [0.1, 0.15) is 24.2 Å². The molecule has 2 N–H and O–H groups in total. The molecule has 4 heteroatoms. The minimum Gasteiger partial charge on any atom is -0.348 e. The Morgan fingerprint density at radius 3 is 2.81 bits per heavy atom. The Bertz CT molecular complexity index is 459. The highest BCUT2D eigenvalue weighted by Gasteiger charge is 2.02. The van der Waals surface area contributed by atoms with E-state index in [4.69, 9.17) is 5.73 Å². The van der Waals surface area contributed by atoms with Crippen LogP contribution in [0.5, 0.6) is 0 Å². The van der Waals surface area contributed by atoms with Gasteiger partial charge in [0.15, 0.2) is 0 Å². The van der Waals surface area contributed by atoms with Crippen molar-refractivity contribution in [1.29, 1.82) is 0 Å². The first kappa shape index (κ1) is 11.4. The van der Waals surface area contributed by atoms with Crippen molar-refractivity contribution in [2.45, 2.75) is 19.5 Å². The van der Waals surface area contributed by atoms with Crippen LogP contribution in [0.2, 0.25) is 0 Å². The highest BCUT2D eigenvalue weighted by molar-refractivity contribution is 9.10. The molecule has 84 valence electrons. The predicted octanol–water partition coefficient (Wildman–Crippen LogP) is 2.71. The highest BCUT2D eigenvalue weighted by Crippen LogP contribution is 2.12. The highest BCUT2D eigenvalue weighted by atomic mass is 79.9. The molecule has 16 heavy (non-hydrogen) atoms. The summed E-state index contributed by atoms with van der Waals surface area (Å²) >= 11 is 3.37. The molecule has 0 saturated heterocycles. The summed E-state index contributed by atoms with van der Waals surface area (Å²) in [6.45, 7) is 2.76. The minimum absolute atomic E-state index is 0.0825. The van der Waals surface area contributed by atoms with E-state index in [0.717, 1.165) is 22.3 Å². The SMILES string of the molecule is CC(N)c1ccn(Cc2ccc(Br)cn2)c1. The quantitative estimate of drug-likeness (QED) is 0.939. The van der Waals surface area contributed by atoms with Gasteiger partial charge in [-0.15, -0.1) is 0 Å². The third-order valence-corrected chi connectivity index (χ3v) is 2.90. The predicted molar refractivity (Wildman–Crippen MR) is 68.1 cm³/mol. The second kappa shape index (κ2) is 4.80. The Morgan fingerprint density at radius 2 is 2.25 bits per heavy atom. The van der Waals surface area contributed by atoms with E-state index < -0.39 is 0 Å². The molecule has 1 atom stereocenters. The van der Waals surface area contributed by atoms with Crippen LogP contribution in [-0.4, -0.2) is 9.55 Å². The Labute approximate surface area is 103 Å². The molecule has 0 radical (unpaired) electrons. The monoisotopic (exact) mass is 279 g/mol. The summed E-state index contributed by atoms with van der Waals surface area (Å²) in [5.74, 6) is 0. The fourth-order valence-electron chi connectivity index (χ4n) is 1.51. The molecule has 0 fully saturated rings. The van der Waals surface area contributed by atoms with Gasteiger partial charge in [-0.05, 0) is 46.6 Å². The first-order chi connectivity index (χ1) is 7.65. The Hall–Kier alpha value is -1.13. The molecule has 0 aliphatic rings. The molecule has 2 aromatic heterocycles. The molecule has 1 unspecified atom stereocenters. The van der Waals surface area contributed by atoms with Crippen LogP contribution in [0, 0.1) is 0 Å². The summed E-state index contributed by atoms with van der Waals surface area (Å²) in [4.78, 5) is 4.33. The van der Waals surface area contributed by atoms with Crippen molar-refractivity contribution in [3.05, 3.63) is 52.5 Å². The summed E-state index contributed by atoms with van der Waals surface area (Å²) in [6, 6.07) is 6.14. The van der Waals surface area contributed by atoms with Crippen LogP contribution in [0.4, 0.5) is 0 Å². The lowest BCUT2D eigenvalue weighted by molar-refractivity contribution is 0.761. The molecule has 0 bridgehead atoms. The number of rotatable bonds is 3. The van der Waals surface area contributed by atoms with E-state index >= 15 is 0 Å². The molecule has 0 aliphatic carbocycles. The maximum absolute atomic E-state index is 5.81. The third kappa shape index (κ3) is 2.71. The lowest BCUT2D eigenvalue weighted by Crippen LogP contribution is -2.04. The fourth-order valence-corrected chi connectivity index (χ4v) is 1.75. The van der Waals surface area contributed by atoms with Crippen molar-refractivity contribution in [2.75, 3.05) is 0 Å². The van der Waals surface area contributed by atoms with Crippen LogP contribution in [0.15, 0.2) is 41.3 Å². The van der Waals surface area contributed by atoms with Gasteiger partial charge in [-0.3, -0.25) is 4.98 Å². The summed E-state index contributed by atoms with van der Waals surface area (Å²) in [5, 5.41) is 0. The van der Waals surface area contributed by atoms with E-state index in [1.165, 1.54) is 0 Å². The second-order valence-corrected chi connectivity index (χ2v) is 4.79. The lowest BCUT2D eigenvalue weighted by Gasteiger charge is -2.03. The van der Waals surface area contributed by atoms with Gasteiger partial charge in [-0.25, -0.2) is 0 Å². The molecular formula is C12H14BrN3. The van der Waals surface area contributed by atoms with Crippen LogP contribution in [0.3, 0.4) is 0 Å². The zero-order chi connectivity index (χ0) is 11.5. The minimum atomic E-state index is 0.0825. The number of nitrogens with zero attached hydrogens (tertiary/aromatic N) is 2. The number of hydrogen-bond donors (Lipinski definition) is 1. The first-order valence-electron chi connectivity index (χ1n) is 5.17. The topological polar surface area (TPSA) is 43.8 Å². The van der Waals surface area contributed by atoms with Gasteiger partial charge >= 0.3 is 0 Å². The van der Waals surface area contributed by atoms with E-state index in [1.54, 1.807) is 0 Å². The fraction of sp³-hybridized carbons (Fsp3) is 0.250. The van der Waals surface area contributed by atoms with Crippen molar-refractivity contribution in [3.63, 3.8) is 0 Å². The summed E-state index contributed by atoms with van der Waals surface area (Å²) in [5.41, 5.74) is 7.99. The second-order valence-electron chi connectivity index (χ2n) is 3.87. The van der Waals surface area contributed by atoms with Gasteiger partial charge < -0.3 is 10.3 Å². The lowest BCUT2D eigenvalue weighted by atomic mass is 10.2. The normalized spacial score (nSPS) is 12.7. The van der Waals surface area contributed by atoms with Gasteiger partial charge in [-0.2, -0.15) is 0 Å². The largest absolute Gasteiger partial charge is 0.348 e. The molecule has 0 spiro atoms. The number of pyridine rings is 1. The van der Waals surface area contributed by atoms with Gasteiger partial charge in [0.1, 0.15) is 0 Å². The molecule has 3 nitrogen and oxygen atoms in total. The van der Waals surface area contributed by atoms with Crippen molar-refractivity contribution < 1.29 is 0 Å². The zero-order valence-electron chi connectivity index (χ0n) is 9.10. The van der Waals surface area contributed by atoms with Gasteiger partial charge in [0.25, 0.3) is 0 Å². The summed E-state index contributed by atoms with van der Waals surface area (Å²) in [7, 11) is 0. The van der Waals surface area contributed by atoms with Crippen LogP contribution in [0.25, 0.3) is 0 Å². The maximum atomic E-state index is 5.81. The van der Waals surface area contributed by atoms with Gasteiger partial charge in [0.2, 0.25) is 0 Å². The van der Waals surface area contributed by atoms with Crippen molar-refractivity contribution >= 4 is 15.9 Å². The Balaban J connectivity index is 2.11. The van der Waals surface area contributed by atoms with Gasteiger partial charge in [-0.1, -0.05) is 0 Å². The Morgan fingerprint density at radius 1 is 1.44 bits per heavy atom. The van der Waals surface area contributed by atoms with E-state index in [-0.39, 0.29) is 6.04 Å². The standard InChI is InChI=1S/C12H14BrN3/c1-9(14)10-4-5-16(7-10)8-12-3-2-11(13)6-15-12/h2-7,9H,8,14H2,1H3. The van der Waals surface area contributed by atoms with Crippen LogP contribution in [-0.2, 0) is 6.54 Å². The molecular weight excluding hydrogens is 266 g/mol.